The van der Waals surface area contributed by atoms with Gasteiger partial charge in [-0.25, -0.2) is 0 Å². The zero-order valence-electron chi connectivity index (χ0n) is 11.0. The van der Waals surface area contributed by atoms with Gasteiger partial charge in [0.1, 0.15) is 0 Å². The zero-order chi connectivity index (χ0) is 13.2. The average molecular weight is 236 g/mol. The van der Waals surface area contributed by atoms with Gasteiger partial charge in [0, 0.05) is 0 Å². The Labute approximate surface area is 110 Å². The minimum Gasteiger partial charge on any atom is -0.129 e. The second kappa shape index (κ2) is 8.11. The second-order valence-electron chi connectivity index (χ2n) is 3.99. The lowest BCUT2D eigenvalue weighted by Crippen LogP contribution is -1.93. The Morgan fingerprint density at radius 3 is 2.94 bits per heavy atom. The van der Waals surface area contributed by atoms with Crippen molar-refractivity contribution in [3.63, 3.8) is 0 Å². The fourth-order valence-corrected chi connectivity index (χ4v) is 1.85. The highest BCUT2D eigenvalue weighted by molar-refractivity contribution is 5.48. The molecule has 0 bridgehead atoms. The van der Waals surface area contributed by atoms with Gasteiger partial charge in [0.05, 0.1) is 0 Å². The maximum atomic E-state index is 3.75. The van der Waals surface area contributed by atoms with Crippen molar-refractivity contribution in [2.45, 2.75) is 19.8 Å². The summed E-state index contributed by atoms with van der Waals surface area (Å²) >= 11 is 0. The van der Waals surface area contributed by atoms with Crippen molar-refractivity contribution in [3.8, 4) is 0 Å². The van der Waals surface area contributed by atoms with Crippen LogP contribution in [0, 0.1) is 0 Å². The highest BCUT2D eigenvalue weighted by Crippen LogP contribution is 2.24. The maximum Gasteiger partial charge on any atom is -0.0206 e. The summed E-state index contributed by atoms with van der Waals surface area (Å²) in [6.07, 6.45) is 20.6. The van der Waals surface area contributed by atoms with E-state index in [0.717, 1.165) is 18.4 Å². The third-order valence-electron chi connectivity index (χ3n) is 2.71. The van der Waals surface area contributed by atoms with Crippen LogP contribution in [0.4, 0.5) is 0 Å². The molecule has 0 fully saturated rings. The fourth-order valence-electron chi connectivity index (χ4n) is 1.85. The SMILES string of the molecule is C=C=C\C=C/C(=C\C=C)/C=C1\CCC=C\C1=C\C. The van der Waals surface area contributed by atoms with Crippen LogP contribution in [-0.4, -0.2) is 0 Å². The van der Waals surface area contributed by atoms with E-state index in [-0.39, 0.29) is 0 Å². The third kappa shape index (κ3) is 4.45. The molecule has 0 aromatic carbocycles. The van der Waals surface area contributed by atoms with Crippen LogP contribution < -0.4 is 0 Å². The molecule has 0 atom stereocenters. The number of hydrogen-bond acceptors (Lipinski definition) is 0. The maximum absolute atomic E-state index is 3.75. The number of rotatable bonds is 4. The van der Waals surface area contributed by atoms with Crippen molar-refractivity contribution in [2.75, 3.05) is 0 Å². The first-order chi connectivity index (χ1) is 8.81. The van der Waals surface area contributed by atoms with E-state index >= 15 is 0 Å². The Kier molecular flexibility index (Phi) is 6.32. The van der Waals surface area contributed by atoms with Gasteiger partial charge in [-0.05, 0) is 42.6 Å². The largest absolute Gasteiger partial charge is 0.129 e. The molecule has 1 aliphatic carbocycles. The molecule has 92 valence electrons. The Bertz CT molecular complexity index is 484. The van der Waals surface area contributed by atoms with Crippen LogP contribution in [0.25, 0.3) is 0 Å². The molecule has 0 heteroatoms. The molecule has 0 spiro atoms. The van der Waals surface area contributed by atoms with Crippen LogP contribution in [0.5, 0.6) is 0 Å². The topological polar surface area (TPSA) is 0 Å². The lowest BCUT2D eigenvalue weighted by molar-refractivity contribution is 0.965. The molecular formula is C18H20. The van der Waals surface area contributed by atoms with Crippen molar-refractivity contribution in [3.05, 3.63) is 90.3 Å². The first kappa shape index (κ1) is 14.0. The van der Waals surface area contributed by atoms with Gasteiger partial charge >= 0.3 is 0 Å². The van der Waals surface area contributed by atoms with Gasteiger partial charge in [-0.15, -0.1) is 5.73 Å². The van der Waals surface area contributed by atoms with Gasteiger partial charge in [-0.3, -0.25) is 0 Å². The number of allylic oxidation sites excluding steroid dienone is 12. The molecule has 0 aromatic heterocycles. The van der Waals surface area contributed by atoms with Gasteiger partial charge in [0.15, 0.2) is 0 Å². The minimum absolute atomic E-state index is 1.09. The quantitative estimate of drug-likeness (QED) is 0.464. The molecule has 0 N–H and O–H groups in total. The Morgan fingerprint density at radius 1 is 1.44 bits per heavy atom. The van der Waals surface area contributed by atoms with Crippen LogP contribution in [0.15, 0.2) is 90.3 Å². The molecule has 0 nitrogen and oxygen atoms in total. The average Bonchev–Trinajstić information content (AvgIpc) is 2.40. The van der Waals surface area contributed by atoms with E-state index in [1.54, 1.807) is 6.08 Å². The predicted octanol–water partition coefficient (Wildman–Crippen LogP) is 5.22. The van der Waals surface area contributed by atoms with Crippen LogP contribution in [0.2, 0.25) is 0 Å². The molecule has 18 heavy (non-hydrogen) atoms. The Morgan fingerprint density at radius 2 is 2.28 bits per heavy atom. The molecular weight excluding hydrogens is 216 g/mol. The molecule has 0 radical (unpaired) electrons. The molecule has 0 saturated carbocycles. The van der Waals surface area contributed by atoms with E-state index in [9.17, 15) is 0 Å². The molecule has 0 aromatic rings. The van der Waals surface area contributed by atoms with Gasteiger partial charge < -0.3 is 0 Å². The van der Waals surface area contributed by atoms with Crippen LogP contribution >= 0.6 is 0 Å². The fraction of sp³-hybridized carbons (Fsp3) is 0.167. The van der Waals surface area contributed by atoms with Gasteiger partial charge in [-0.2, -0.15) is 0 Å². The molecule has 1 rings (SSSR count). The summed E-state index contributed by atoms with van der Waals surface area (Å²) in [5.41, 5.74) is 6.56. The normalized spacial score (nSPS) is 20.4. The summed E-state index contributed by atoms with van der Waals surface area (Å²) in [6, 6.07) is 0. The zero-order valence-corrected chi connectivity index (χ0v) is 11.0. The first-order valence-electron chi connectivity index (χ1n) is 6.21. The summed E-state index contributed by atoms with van der Waals surface area (Å²) in [5, 5.41) is 0. The van der Waals surface area contributed by atoms with E-state index in [1.165, 1.54) is 11.1 Å². The van der Waals surface area contributed by atoms with Crippen LogP contribution in [-0.2, 0) is 0 Å². The van der Waals surface area contributed by atoms with Crippen LogP contribution in [0.3, 0.4) is 0 Å². The lowest BCUT2D eigenvalue weighted by atomic mass is 9.93. The summed E-state index contributed by atoms with van der Waals surface area (Å²) in [6.45, 7) is 9.37. The third-order valence-corrected chi connectivity index (χ3v) is 2.71. The first-order valence-corrected chi connectivity index (χ1v) is 6.21. The van der Waals surface area contributed by atoms with Gasteiger partial charge in [0.25, 0.3) is 0 Å². The van der Waals surface area contributed by atoms with Crippen LogP contribution in [0.1, 0.15) is 19.8 Å². The standard InChI is InChI=1S/C18H20/c1-4-7-8-12-16(11-5-2)15-18-14-10-9-13-17(18)6-3/h5-9,11-13,15H,1-2,10,14H2,3H3/b12-8-,16-11+,17-6-,18-15+. The molecule has 0 saturated heterocycles. The van der Waals surface area contributed by atoms with Crippen molar-refractivity contribution in [1.82, 2.24) is 0 Å². The Hall–Kier alpha value is -2.04. The molecule has 0 amide bonds. The van der Waals surface area contributed by atoms with Crippen molar-refractivity contribution in [2.24, 2.45) is 0 Å². The molecule has 0 heterocycles. The minimum atomic E-state index is 1.09. The van der Waals surface area contributed by atoms with Crippen molar-refractivity contribution in [1.29, 1.82) is 0 Å². The van der Waals surface area contributed by atoms with Crippen molar-refractivity contribution < 1.29 is 0 Å². The predicted molar refractivity (Wildman–Crippen MR) is 81.3 cm³/mol. The second-order valence-corrected chi connectivity index (χ2v) is 3.99. The summed E-state index contributed by atoms with van der Waals surface area (Å²) in [5.74, 6) is 0. The van der Waals surface area contributed by atoms with E-state index in [2.05, 4.69) is 50.1 Å². The number of hydrogen-bond donors (Lipinski definition) is 0. The summed E-state index contributed by atoms with van der Waals surface area (Å²) in [7, 11) is 0. The summed E-state index contributed by atoms with van der Waals surface area (Å²) < 4.78 is 0. The monoisotopic (exact) mass is 236 g/mol. The van der Waals surface area contributed by atoms with E-state index in [0.29, 0.717) is 0 Å². The molecule has 0 unspecified atom stereocenters. The van der Waals surface area contributed by atoms with Crippen molar-refractivity contribution >= 4 is 0 Å². The van der Waals surface area contributed by atoms with E-state index in [4.69, 9.17) is 0 Å². The highest BCUT2D eigenvalue weighted by atomic mass is 14.1. The van der Waals surface area contributed by atoms with E-state index < -0.39 is 0 Å². The summed E-state index contributed by atoms with van der Waals surface area (Å²) in [4.78, 5) is 0. The molecule has 0 aliphatic heterocycles. The van der Waals surface area contributed by atoms with Gasteiger partial charge in [-0.1, -0.05) is 61.8 Å². The Balaban J connectivity index is 3.01. The lowest BCUT2D eigenvalue weighted by Gasteiger charge is -2.12. The smallest absolute Gasteiger partial charge is 0.0206 e. The molecule has 1 aliphatic rings. The van der Waals surface area contributed by atoms with Gasteiger partial charge in [0.2, 0.25) is 0 Å². The van der Waals surface area contributed by atoms with E-state index in [1.807, 2.05) is 24.3 Å². The highest BCUT2D eigenvalue weighted by Gasteiger charge is 2.05.